The topological polar surface area (TPSA) is 0 Å². The van der Waals surface area contributed by atoms with Crippen LogP contribution < -0.4 is 4.48 Å². The van der Waals surface area contributed by atoms with Gasteiger partial charge >= 0.3 is 0 Å². The van der Waals surface area contributed by atoms with Gasteiger partial charge in [0.15, 0.2) is 0 Å². The Balaban J connectivity index is 2.51. The average molecular weight is 184 g/mol. The normalized spacial score (nSPS) is 24.0. The van der Waals surface area contributed by atoms with Crippen molar-refractivity contribution in [2.75, 3.05) is 13.6 Å². The Bertz CT molecular complexity index is 411. The smallest absolute Gasteiger partial charge is 0.149 e. The molecule has 0 spiro atoms. The van der Waals surface area contributed by atoms with Crippen LogP contribution >= 0.6 is 0 Å². The van der Waals surface area contributed by atoms with Gasteiger partial charge in [0, 0.05) is 12.0 Å². The molecular weight excluding hydrogens is 170 g/mol. The van der Waals surface area contributed by atoms with E-state index in [1.54, 1.807) is 0 Å². The van der Waals surface area contributed by atoms with Crippen LogP contribution in [0.25, 0.3) is 0 Å². The van der Waals surface area contributed by atoms with Crippen molar-refractivity contribution in [3.63, 3.8) is 0 Å². The average Bonchev–Trinajstić information content (AvgIpc) is 2.19. The molecule has 0 N–H and O–H groups in total. The molecule has 0 radical (unpaired) electrons. The predicted molar refractivity (Wildman–Crippen MR) is 60.7 cm³/mol. The van der Waals surface area contributed by atoms with E-state index < -0.39 is 0 Å². The Morgan fingerprint density at radius 1 is 1.43 bits per heavy atom. The van der Waals surface area contributed by atoms with E-state index in [0.29, 0.717) is 6.54 Å². The summed E-state index contributed by atoms with van der Waals surface area (Å²) in [7, 11) is 2.15. The van der Waals surface area contributed by atoms with Crippen LogP contribution in [-0.2, 0) is 6.42 Å². The molecule has 1 aliphatic heterocycles. The van der Waals surface area contributed by atoms with Crippen LogP contribution in [0, 0.1) is 12.3 Å². The van der Waals surface area contributed by atoms with E-state index >= 15 is 0 Å². The summed E-state index contributed by atoms with van der Waals surface area (Å²) in [6, 6.07) is 8.49. The molecule has 1 aromatic carbocycles. The minimum absolute atomic E-state index is 0.716. The molecule has 0 bridgehead atoms. The molecule has 1 heteroatoms. The third-order valence-corrected chi connectivity index (χ3v) is 2.73. The minimum Gasteiger partial charge on any atom is -0.257 e. The summed E-state index contributed by atoms with van der Waals surface area (Å²) >= 11 is 0. The van der Waals surface area contributed by atoms with Crippen molar-refractivity contribution in [2.45, 2.75) is 6.42 Å². The quantitative estimate of drug-likeness (QED) is 0.464. The molecule has 1 nitrogen and oxygen atoms in total. The zero-order valence-electron chi connectivity index (χ0n) is 8.40. The minimum atomic E-state index is 0.716. The zero-order valence-corrected chi connectivity index (χ0v) is 8.40. The molecule has 1 heterocycles. The highest BCUT2D eigenvalue weighted by molar-refractivity contribution is 5.55. The van der Waals surface area contributed by atoms with Crippen molar-refractivity contribution in [1.29, 1.82) is 0 Å². The molecule has 1 aliphatic rings. The largest absolute Gasteiger partial charge is 0.257 e. The number of fused-ring (bicyclic) bond motifs is 1. The molecule has 0 saturated heterocycles. The molecule has 14 heavy (non-hydrogen) atoms. The highest BCUT2D eigenvalue weighted by Crippen LogP contribution is 2.30. The van der Waals surface area contributed by atoms with Crippen molar-refractivity contribution in [1.82, 2.24) is 4.48 Å². The van der Waals surface area contributed by atoms with E-state index in [9.17, 15) is 0 Å². The van der Waals surface area contributed by atoms with Gasteiger partial charge in [-0.3, -0.25) is 4.48 Å². The number of para-hydroxylation sites is 1. The molecular formula is C13H14N+. The van der Waals surface area contributed by atoms with Gasteiger partial charge < -0.3 is 0 Å². The third kappa shape index (κ3) is 1.34. The lowest BCUT2D eigenvalue weighted by Gasteiger charge is -2.31. The molecule has 1 atom stereocenters. The Hall–Kier alpha value is -1.52. The number of quaternary nitrogens is 1. The number of allylic oxidation sites excluding steroid dienone is 1. The fraction of sp³-hybridized carbons (Fsp3) is 0.231. The molecule has 1 aromatic rings. The summed E-state index contributed by atoms with van der Waals surface area (Å²) in [5.41, 5.74) is 2.71. The Morgan fingerprint density at radius 2 is 2.21 bits per heavy atom. The first kappa shape index (κ1) is 9.05. The summed E-state index contributed by atoms with van der Waals surface area (Å²) in [5.74, 6) is 2.74. The SMILES string of the molecule is C#CC[N+]1(C)C=CCc2ccccc21. The first-order valence-electron chi connectivity index (χ1n) is 4.81. The molecule has 0 fully saturated rings. The van der Waals surface area contributed by atoms with E-state index in [0.717, 1.165) is 10.9 Å². The van der Waals surface area contributed by atoms with Gasteiger partial charge in [0.2, 0.25) is 0 Å². The summed E-state index contributed by atoms with van der Waals surface area (Å²) in [4.78, 5) is 0. The van der Waals surface area contributed by atoms with E-state index in [1.807, 2.05) is 0 Å². The molecule has 1 unspecified atom stereocenters. The fourth-order valence-electron chi connectivity index (χ4n) is 2.00. The highest BCUT2D eigenvalue weighted by Gasteiger charge is 2.26. The Kier molecular flexibility index (Phi) is 2.15. The lowest BCUT2D eigenvalue weighted by molar-refractivity contribution is 0.486. The molecule has 2 rings (SSSR count). The molecule has 0 aromatic heterocycles. The van der Waals surface area contributed by atoms with E-state index in [2.05, 4.69) is 49.5 Å². The number of hydrogen-bond donors (Lipinski definition) is 0. The molecule has 70 valence electrons. The summed E-state index contributed by atoms with van der Waals surface area (Å²) in [6.07, 6.45) is 10.8. The monoisotopic (exact) mass is 184 g/mol. The van der Waals surface area contributed by atoms with E-state index in [1.165, 1.54) is 11.3 Å². The lowest BCUT2D eigenvalue weighted by atomic mass is 10.0. The van der Waals surface area contributed by atoms with Crippen molar-refractivity contribution in [3.05, 3.63) is 42.1 Å². The Morgan fingerprint density at radius 3 is 3.00 bits per heavy atom. The maximum atomic E-state index is 5.40. The van der Waals surface area contributed by atoms with Crippen LogP contribution in [0.15, 0.2) is 36.5 Å². The van der Waals surface area contributed by atoms with Crippen LogP contribution in [0.4, 0.5) is 5.69 Å². The number of benzene rings is 1. The second-order valence-corrected chi connectivity index (χ2v) is 3.85. The number of rotatable bonds is 1. The second kappa shape index (κ2) is 3.32. The highest BCUT2D eigenvalue weighted by atomic mass is 15.3. The Labute approximate surface area is 85.3 Å². The van der Waals surface area contributed by atoms with Crippen LogP contribution in [0.3, 0.4) is 0 Å². The van der Waals surface area contributed by atoms with Gasteiger partial charge in [-0.05, 0) is 18.1 Å². The van der Waals surface area contributed by atoms with Crippen molar-refractivity contribution in [2.24, 2.45) is 0 Å². The van der Waals surface area contributed by atoms with Crippen LogP contribution in [-0.4, -0.2) is 13.6 Å². The first-order chi connectivity index (χ1) is 6.76. The third-order valence-electron chi connectivity index (χ3n) is 2.73. The van der Waals surface area contributed by atoms with Crippen molar-refractivity contribution >= 4 is 5.69 Å². The molecule has 0 aliphatic carbocycles. The van der Waals surface area contributed by atoms with Gasteiger partial charge in [-0.2, -0.15) is 0 Å². The number of nitrogens with zero attached hydrogens (tertiary/aromatic N) is 1. The van der Waals surface area contributed by atoms with E-state index in [4.69, 9.17) is 6.42 Å². The van der Waals surface area contributed by atoms with Gasteiger partial charge in [0.1, 0.15) is 12.2 Å². The van der Waals surface area contributed by atoms with Crippen LogP contribution in [0.5, 0.6) is 0 Å². The van der Waals surface area contributed by atoms with Crippen molar-refractivity contribution < 1.29 is 0 Å². The van der Waals surface area contributed by atoms with Gasteiger partial charge in [0.05, 0.1) is 13.2 Å². The molecule has 0 amide bonds. The van der Waals surface area contributed by atoms with Gasteiger partial charge in [-0.1, -0.05) is 18.2 Å². The lowest BCUT2D eigenvalue weighted by Crippen LogP contribution is -2.41. The van der Waals surface area contributed by atoms with Gasteiger partial charge in [0.25, 0.3) is 0 Å². The van der Waals surface area contributed by atoms with Gasteiger partial charge in [-0.15, -0.1) is 6.42 Å². The van der Waals surface area contributed by atoms with Crippen LogP contribution in [0.1, 0.15) is 5.56 Å². The standard InChI is InChI=1S/C13H14N/c1-3-10-14(2)11-6-8-12-7-4-5-9-13(12)14/h1,4-7,9,11H,8,10H2,2H3/q+1. The number of hydrogen-bond acceptors (Lipinski definition) is 0. The van der Waals surface area contributed by atoms with Crippen molar-refractivity contribution in [3.8, 4) is 12.3 Å². The number of terminal acetylenes is 1. The summed E-state index contributed by atoms with van der Waals surface area (Å²) in [5, 5.41) is 0. The maximum absolute atomic E-state index is 5.40. The summed E-state index contributed by atoms with van der Waals surface area (Å²) < 4.78 is 0.729. The molecule has 0 saturated carbocycles. The maximum Gasteiger partial charge on any atom is 0.149 e. The second-order valence-electron chi connectivity index (χ2n) is 3.85. The van der Waals surface area contributed by atoms with E-state index in [-0.39, 0.29) is 0 Å². The zero-order chi connectivity index (χ0) is 10.0. The van der Waals surface area contributed by atoms with Crippen LogP contribution in [0.2, 0.25) is 0 Å². The van der Waals surface area contributed by atoms with Gasteiger partial charge in [-0.25, -0.2) is 0 Å². The fourth-order valence-corrected chi connectivity index (χ4v) is 2.00. The summed E-state index contributed by atoms with van der Waals surface area (Å²) in [6.45, 7) is 0.716. The predicted octanol–water partition coefficient (Wildman–Crippen LogP) is 2.33. The first-order valence-corrected chi connectivity index (χ1v) is 4.81.